The van der Waals surface area contributed by atoms with E-state index in [1.807, 2.05) is 0 Å². The van der Waals surface area contributed by atoms with Crippen molar-refractivity contribution in [3.63, 3.8) is 0 Å². The molecular formula is C22H17F6N5O4S. The quantitative estimate of drug-likeness (QED) is 0.135. The van der Waals surface area contributed by atoms with Crippen molar-refractivity contribution in [3.8, 4) is 5.75 Å². The van der Waals surface area contributed by atoms with Gasteiger partial charge in [0, 0.05) is 12.0 Å². The van der Waals surface area contributed by atoms with Gasteiger partial charge < -0.3 is 21.0 Å². The van der Waals surface area contributed by atoms with Gasteiger partial charge in [-0.15, -0.1) is 13.2 Å². The second-order valence-electron chi connectivity index (χ2n) is 7.98. The number of anilines is 3. The van der Waals surface area contributed by atoms with Crippen molar-refractivity contribution < 1.29 is 44.7 Å². The molecule has 1 aromatic heterocycles. The fourth-order valence-electron chi connectivity index (χ4n) is 3.65. The predicted octanol–water partition coefficient (Wildman–Crippen LogP) is 4.74. The van der Waals surface area contributed by atoms with E-state index in [1.165, 1.54) is 18.2 Å². The zero-order valence-corrected chi connectivity index (χ0v) is 19.7. The van der Waals surface area contributed by atoms with Crippen LogP contribution in [0.4, 0.5) is 43.5 Å². The van der Waals surface area contributed by atoms with Crippen LogP contribution < -0.4 is 20.1 Å². The van der Waals surface area contributed by atoms with Crippen LogP contribution in [-0.2, 0) is 29.2 Å². The minimum absolute atomic E-state index is 0.0181. The Kier molecular flexibility index (Phi) is 6.77. The number of nitrogens with zero attached hydrogens (tertiary/aromatic N) is 3. The lowest BCUT2D eigenvalue weighted by Crippen LogP contribution is -2.30. The first-order chi connectivity index (χ1) is 17.7. The summed E-state index contributed by atoms with van der Waals surface area (Å²) in [6.45, 7) is -0.476. The van der Waals surface area contributed by atoms with Crippen molar-refractivity contribution in [1.29, 1.82) is 0 Å². The monoisotopic (exact) mass is 561 g/mol. The summed E-state index contributed by atoms with van der Waals surface area (Å²) in [4.78, 5) is 3.20. The summed E-state index contributed by atoms with van der Waals surface area (Å²) in [5, 5.41) is 14.5. The number of pyridine rings is 1. The summed E-state index contributed by atoms with van der Waals surface area (Å²) in [5.74, 6) is -1.08. The van der Waals surface area contributed by atoms with Gasteiger partial charge in [-0.25, -0.2) is 13.4 Å². The molecule has 0 amide bonds. The molecule has 202 valence electrons. The van der Waals surface area contributed by atoms with Crippen molar-refractivity contribution in [2.45, 2.75) is 30.4 Å². The molecule has 16 heteroatoms. The van der Waals surface area contributed by atoms with E-state index >= 15 is 0 Å². The number of rotatable bonds is 5. The maximum absolute atomic E-state index is 13.7. The Hall–Kier alpha value is -4.21. The molecule has 0 saturated heterocycles. The number of aromatic nitrogens is 1. The number of benzene rings is 2. The molecule has 4 rings (SSSR count). The third-order valence-electron chi connectivity index (χ3n) is 5.33. The van der Waals surface area contributed by atoms with Gasteiger partial charge in [-0.3, -0.25) is 4.31 Å². The zero-order valence-electron chi connectivity index (χ0n) is 18.9. The van der Waals surface area contributed by atoms with Gasteiger partial charge >= 0.3 is 12.5 Å². The van der Waals surface area contributed by atoms with Crippen LogP contribution in [-0.4, -0.2) is 30.8 Å². The van der Waals surface area contributed by atoms with Crippen molar-refractivity contribution in [2.24, 2.45) is 10.9 Å². The zero-order chi connectivity index (χ0) is 27.9. The molecule has 0 aliphatic carbocycles. The number of ether oxygens (including phenoxy) is 1. The molecular weight excluding hydrogens is 544 g/mol. The van der Waals surface area contributed by atoms with Crippen LogP contribution in [0.5, 0.6) is 5.75 Å². The number of sulfonamides is 1. The molecule has 0 atom stereocenters. The van der Waals surface area contributed by atoms with Gasteiger partial charge in [0.05, 0.1) is 22.8 Å². The molecule has 4 N–H and O–H groups in total. The molecule has 9 nitrogen and oxygen atoms in total. The lowest BCUT2D eigenvalue weighted by atomic mass is 10.1. The normalized spacial score (nSPS) is 14.3. The Morgan fingerprint density at radius 3 is 2.37 bits per heavy atom. The minimum Gasteiger partial charge on any atom is -0.409 e. The summed E-state index contributed by atoms with van der Waals surface area (Å²) in [6, 6.07) is 9.45. The Balaban J connectivity index is 1.83. The molecule has 0 spiro atoms. The van der Waals surface area contributed by atoms with Gasteiger partial charge in [-0.1, -0.05) is 17.3 Å². The number of nitrogens with one attached hydrogen (secondary N) is 1. The van der Waals surface area contributed by atoms with Gasteiger partial charge in [-0.05, 0) is 48.0 Å². The summed E-state index contributed by atoms with van der Waals surface area (Å²) < 4.78 is 109. The summed E-state index contributed by atoms with van der Waals surface area (Å²) in [5.41, 5.74) is 4.88. The van der Waals surface area contributed by atoms with E-state index < -0.39 is 45.4 Å². The second-order valence-corrected chi connectivity index (χ2v) is 9.84. The first-order valence-electron chi connectivity index (χ1n) is 10.5. The summed E-state index contributed by atoms with van der Waals surface area (Å²) >= 11 is 0. The summed E-state index contributed by atoms with van der Waals surface area (Å²) in [7, 11) is -4.50. The number of fused-ring (bicyclic) bond motifs is 2. The van der Waals surface area contributed by atoms with E-state index in [2.05, 4.69) is 20.2 Å². The third-order valence-corrected chi connectivity index (χ3v) is 7.10. The number of halogens is 6. The Labute approximate surface area is 211 Å². The number of hydrogen-bond acceptors (Lipinski definition) is 7. The number of nitrogens with two attached hydrogens (primary N) is 1. The molecule has 2 aromatic carbocycles. The molecule has 0 radical (unpaired) electrons. The van der Waals surface area contributed by atoms with Crippen LogP contribution in [0.15, 0.2) is 64.6 Å². The fraction of sp³-hybridized carbons (Fsp3) is 0.182. The van der Waals surface area contributed by atoms with Crippen molar-refractivity contribution in [3.05, 3.63) is 71.4 Å². The van der Waals surface area contributed by atoms with E-state index in [4.69, 9.17) is 10.9 Å². The van der Waals surface area contributed by atoms with Crippen LogP contribution >= 0.6 is 0 Å². The highest BCUT2D eigenvalue weighted by molar-refractivity contribution is 7.92. The molecule has 0 fully saturated rings. The number of oxime groups is 1. The minimum atomic E-state index is -4.99. The summed E-state index contributed by atoms with van der Waals surface area (Å²) in [6.07, 6.45) is -9.84. The predicted molar refractivity (Wildman–Crippen MR) is 123 cm³/mol. The number of amidine groups is 1. The molecule has 0 unspecified atom stereocenters. The largest absolute Gasteiger partial charge is 0.573 e. The van der Waals surface area contributed by atoms with Gasteiger partial charge in [0.25, 0.3) is 10.0 Å². The standard InChI is InChI=1S/C22H17F6N5O4S/c23-21(24,25)18-8-2-13-11-33(38(35,36)15-5-3-14(4-6-15)37-22(26,27)28)17-9-12(10-19(29)32-34)1-7-16(17)30-20(13)31-18/h1-9,34H,10-11H2,(H2,29,32)(H,30,31). The highest BCUT2D eigenvalue weighted by Gasteiger charge is 2.36. The van der Waals surface area contributed by atoms with Crippen molar-refractivity contribution >= 4 is 33.1 Å². The average molecular weight is 561 g/mol. The van der Waals surface area contributed by atoms with Crippen LogP contribution in [0.25, 0.3) is 0 Å². The highest BCUT2D eigenvalue weighted by Crippen LogP contribution is 2.40. The highest BCUT2D eigenvalue weighted by atomic mass is 32.2. The van der Waals surface area contributed by atoms with Crippen LogP contribution in [0.1, 0.15) is 16.8 Å². The fourth-order valence-corrected chi connectivity index (χ4v) is 5.10. The van der Waals surface area contributed by atoms with Gasteiger partial charge in [-0.2, -0.15) is 13.2 Å². The van der Waals surface area contributed by atoms with Gasteiger partial charge in [0.15, 0.2) is 0 Å². The molecule has 2 heterocycles. The maximum Gasteiger partial charge on any atom is 0.573 e. The second kappa shape index (κ2) is 9.59. The molecule has 0 bridgehead atoms. The topological polar surface area (TPSA) is 130 Å². The number of alkyl halides is 6. The SMILES string of the molecule is NC(Cc1ccc2c(c1)N(S(=O)(=O)c1ccc(OC(F)(F)F)cc1)Cc1ccc(C(F)(F)F)nc1N2)=NO. The Bertz CT molecular complexity index is 1490. The van der Waals surface area contributed by atoms with Crippen LogP contribution in [0.2, 0.25) is 0 Å². The first-order valence-corrected chi connectivity index (χ1v) is 11.9. The van der Waals surface area contributed by atoms with Gasteiger partial charge in [0.2, 0.25) is 0 Å². The van der Waals surface area contributed by atoms with Crippen LogP contribution in [0, 0.1) is 0 Å². The molecule has 3 aromatic rings. The van der Waals surface area contributed by atoms with Crippen LogP contribution in [0.3, 0.4) is 0 Å². The lowest BCUT2D eigenvalue weighted by molar-refractivity contribution is -0.274. The van der Waals surface area contributed by atoms with E-state index in [-0.39, 0.29) is 35.0 Å². The van der Waals surface area contributed by atoms with E-state index in [1.54, 1.807) is 0 Å². The average Bonchev–Trinajstić information content (AvgIpc) is 2.99. The Morgan fingerprint density at radius 2 is 1.76 bits per heavy atom. The third kappa shape index (κ3) is 5.69. The van der Waals surface area contributed by atoms with Crippen molar-refractivity contribution in [2.75, 3.05) is 9.62 Å². The lowest BCUT2D eigenvalue weighted by Gasteiger charge is -2.25. The molecule has 38 heavy (non-hydrogen) atoms. The smallest absolute Gasteiger partial charge is 0.409 e. The molecule has 1 aliphatic rings. The Morgan fingerprint density at radius 1 is 1.08 bits per heavy atom. The van der Waals surface area contributed by atoms with E-state index in [0.29, 0.717) is 11.6 Å². The van der Waals surface area contributed by atoms with Crippen molar-refractivity contribution in [1.82, 2.24) is 4.98 Å². The molecule has 0 saturated carbocycles. The molecule has 1 aliphatic heterocycles. The van der Waals surface area contributed by atoms with E-state index in [9.17, 15) is 34.8 Å². The van der Waals surface area contributed by atoms with Gasteiger partial charge in [0.1, 0.15) is 23.1 Å². The first kappa shape index (κ1) is 26.8. The number of hydrogen-bond donors (Lipinski definition) is 3. The maximum atomic E-state index is 13.7. The van der Waals surface area contributed by atoms with E-state index in [0.717, 1.165) is 34.6 Å².